The summed E-state index contributed by atoms with van der Waals surface area (Å²) in [5.41, 5.74) is 0.456. The highest BCUT2D eigenvalue weighted by molar-refractivity contribution is 7.90. The standard InChI is InChI=1S/C18H15ClN2O6S/c1-11(22)21-28(26,27)15-8-6-14(7-9-15)20-18(25)17(24)10-16(23)12-2-4-13(19)5-3-12/h2-10,23H,1H3,(H,20,25)(H,21,22). The fraction of sp³-hybridized carbons (Fsp3) is 0.0556. The van der Waals surface area contributed by atoms with Gasteiger partial charge in [0.25, 0.3) is 15.9 Å². The number of aliphatic hydroxyl groups excluding tert-OH is 1. The van der Waals surface area contributed by atoms with E-state index in [1.54, 1.807) is 4.72 Å². The zero-order valence-electron chi connectivity index (χ0n) is 14.5. The Balaban J connectivity index is 2.08. The topological polar surface area (TPSA) is 130 Å². The van der Waals surface area contributed by atoms with Crippen molar-refractivity contribution in [2.24, 2.45) is 0 Å². The first-order chi connectivity index (χ1) is 13.1. The van der Waals surface area contributed by atoms with Crippen LogP contribution in [-0.2, 0) is 24.4 Å². The van der Waals surface area contributed by atoms with Gasteiger partial charge in [-0.3, -0.25) is 14.4 Å². The summed E-state index contributed by atoms with van der Waals surface area (Å²) in [5.74, 6) is -3.19. The lowest BCUT2D eigenvalue weighted by atomic mass is 10.1. The third kappa shape index (κ3) is 5.66. The Morgan fingerprint density at radius 2 is 1.57 bits per heavy atom. The van der Waals surface area contributed by atoms with Gasteiger partial charge < -0.3 is 10.4 Å². The monoisotopic (exact) mass is 422 g/mol. The maximum Gasteiger partial charge on any atom is 0.296 e. The van der Waals surface area contributed by atoms with Gasteiger partial charge in [-0.05, 0) is 48.5 Å². The molecule has 2 amide bonds. The van der Waals surface area contributed by atoms with Gasteiger partial charge in [0, 0.05) is 29.3 Å². The zero-order valence-corrected chi connectivity index (χ0v) is 16.0. The molecule has 0 spiro atoms. The largest absolute Gasteiger partial charge is 0.507 e. The number of halogens is 1. The first-order valence-corrected chi connectivity index (χ1v) is 9.60. The minimum Gasteiger partial charge on any atom is -0.507 e. The van der Waals surface area contributed by atoms with Crippen LogP contribution < -0.4 is 10.0 Å². The van der Waals surface area contributed by atoms with Crippen molar-refractivity contribution >= 4 is 50.7 Å². The maximum atomic E-state index is 11.9. The molecule has 0 aliphatic heterocycles. The Hall–Kier alpha value is -3.17. The first-order valence-electron chi connectivity index (χ1n) is 7.74. The summed E-state index contributed by atoms with van der Waals surface area (Å²) < 4.78 is 25.5. The Labute approximate surface area is 165 Å². The van der Waals surface area contributed by atoms with Gasteiger partial charge in [0.15, 0.2) is 0 Å². The number of benzene rings is 2. The van der Waals surface area contributed by atoms with E-state index in [-0.39, 0.29) is 10.6 Å². The van der Waals surface area contributed by atoms with Gasteiger partial charge in [-0.25, -0.2) is 13.1 Å². The minimum absolute atomic E-state index is 0.152. The summed E-state index contributed by atoms with van der Waals surface area (Å²) in [7, 11) is -4.00. The molecule has 146 valence electrons. The van der Waals surface area contributed by atoms with Crippen molar-refractivity contribution in [3.05, 3.63) is 65.2 Å². The van der Waals surface area contributed by atoms with Gasteiger partial charge >= 0.3 is 0 Å². The molecule has 0 atom stereocenters. The third-order valence-electron chi connectivity index (χ3n) is 3.33. The molecule has 0 heterocycles. The van der Waals surface area contributed by atoms with Gasteiger partial charge in [0.05, 0.1) is 4.90 Å². The fourth-order valence-electron chi connectivity index (χ4n) is 2.05. The van der Waals surface area contributed by atoms with E-state index in [0.717, 1.165) is 25.1 Å². The lowest BCUT2D eigenvalue weighted by Crippen LogP contribution is -2.28. The van der Waals surface area contributed by atoms with Crippen molar-refractivity contribution < 1.29 is 27.9 Å². The number of amides is 2. The summed E-state index contributed by atoms with van der Waals surface area (Å²) in [6, 6.07) is 10.8. The Morgan fingerprint density at radius 3 is 2.11 bits per heavy atom. The van der Waals surface area contributed by atoms with Gasteiger partial charge in [-0.2, -0.15) is 0 Å². The van der Waals surface area contributed by atoms with Crippen molar-refractivity contribution in [3.8, 4) is 0 Å². The summed E-state index contributed by atoms with van der Waals surface area (Å²) >= 11 is 5.74. The van der Waals surface area contributed by atoms with Crippen LogP contribution in [-0.4, -0.2) is 31.1 Å². The lowest BCUT2D eigenvalue weighted by Gasteiger charge is -2.07. The maximum absolute atomic E-state index is 11.9. The summed E-state index contributed by atoms with van der Waals surface area (Å²) in [6.45, 7) is 1.06. The molecule has 2 aromatic rings. The molecule has 0 bridgehead atoms. The van der Waals surface area contributed by atoms with Crippen molar-refractivity contribution in [2.45, 2.75) is 11.8 Å². The molecule has 0 saturated carbocycles. The molecule has 28 heavy (non-hydrogen) atoms. The number of aliphatic hydroxyl groups is 1. The van der Waals surface area contributed by atoms with E-state index in [2.05, 4.69) is 5.32 Å². The molecule has 0 unspecified atom stereocenters. The number of anilines is 1. The molecular formula is C18H15ClN2O6S. The van der Waals surface area contributed by atoms with Crippen molar-refractivity contribution in [1.82, 2.24) is 4.72 Å². The Bertz CT molecular complexity index is 1040. The Kier molecular flexibility index (Phi) is 6.55. The van der Waals surface area contributed by atoms with Crippen LogP contribution in [0.4, 0.5) is 5.69 Å². The second kappa shape index (κ2) is 8.68. The molecule has 0 saturated heterocycles. The second-order valence-corrected chi connectivity index (χ2v) is 7.66. The van der Waals surface area contributed by atoms with Crippen LogP contribution in [0.15, 0.2) is 59.5 Å². The molecule has 0 fully saturated rings. The number of hydrogen-bond acceptors (Lipinski definition) is 6. The fourth-order valence-corrected chi connectivity index (χ4v) is 3.17. The summed E-state index contributed by atoms with van der Waals surface area (Å²) in [5, 5.41) is 12.6. The molecule has 0 radical (unpaired) electrons. The van der Waals surface area contributed by atoms with Gasteiger partial charge in [-0.1, -0.05) is 11.6 Å². The highest BCUT2D eigenvalue weighted by atomic mass is 35.5. The van der Waals surface area contributed by atoms with Crippen LogP contribution >= 0.6 is 11.6 Å². The van der Waals surface area contributed by atoms with Gasteiger partial charge in [0.1, 0.15) is 5.76 Å². The number of nitrogens with one attached hydrogen (secondary N) is 2. The number of hydrogen-bond donors (Lipinski definition) is 3. The smallest absolute Gasteiger partial charge is 0.296 e. The van der Waals surface area contributed by atoms with E-state index in [0.29, 0.717) is 10.6 Å². The number of rotatable bonds is 6. The molecule has 2 aromatic carbocycles. The molecule has 3 N–H and O–H groups in total. The average Bonchev–Trinajstić information content (AvgIpc) is 2.61. The molecular weight excluding hydrogens is 408 g/mol. The summed E-state index contributed by atoms with van der Waals surface area (Å²) in [4.78, 5) is 34.6. The zero-order chi connectivity index (χ0) is 20.9. The van der Waals surface area contributed by atoms with Crippen molar-refractivity contribution in [3.63, 3.8) is 0 Å². The molecule has 0 aliphatic carbocycles. The number of ketones is 1. The lowest BCUT2D eigenvalue weighted by molar-refractivity contribution is -0.131. The van der Waals surface area contributed by atoms with E-state index in [9.17, 15) is 27.9 Å². The molecule has 8 nitrogen and oxygen atoms in total. The van der Waals surface area contributed by atoms with Crippen molar-refractivity contribution in [1.29, 1.82) is 0 Å². The van der Waals surface area contributed by atoms with Crippen LogP contribution in [0, 0.1) is 0 Å². The predicted octanol–water partition coefficient (Wildman–Crippen LogP) is 2.27. The third-order valence-corrected chi connectivity index (χ3v) is 5.03. The van der Waals surface area contributed by atoms with Crippen LogP contribution in [0.1, 0.15) is 12.5 Å². The average molecular weight is 423 g/mol. The van der Waals surface area contributed by atoms with Crippen LogP contribution in [0.3, 0.4) is 0 Å². The van der Waals surface area contributed by atoms with E-state index >= 15 is 0 Å². The number of sulfonamides is 1. The number of carbonyl (C=O) groups is 3. The summed E-state index contributed by atoms with van der Waals surface area (Å²) in [6.07, 6.45) is 0.758. The van der Waals surface area contributed by atoms with Crippen LogP contribution in [0.25, 0.3) is 5.76 Å². The Morgan fingerprint density at radius 1 is 1.00 bits per heavy atom. The van der Waals surface area contributed by atoms with Gasteiger partial charge in [0.2, 0.25) is 11.7 Å². The van der Waals surface area contributed by atoms with E-state index in [1.807, 2.05) is 0 Å². The highest BCUT2D eigenvalue weighted by Crippen LogP contribution is 2.16. The van der Waals surface area contributed by atoms with Gasteiger partial charge in [-0.15, -0.1) is 0 Å². The highest BCUT2D eigenvalue weighted by Gasteiger charge is 2.17. The number of carbonyl (C=O) groups excluding carboxylic acids is 3. The molecule has 10 heteroatoms. The quantitative estimate of drug-likeness (QED) is 0.372. The van der Waals surface area contributed by atoms with E-state index in [4.69, 9.17) is 11.6 Å². The molecule has 0 aromatic heterocycles. The van der Waals surface area contributed by atoms with E-state index < -0.39 is 33.4 Å². The van der Waals surface area contributed by atoms with Crippen molar-refractivity contribution in [2.75, 3.05) is 5.32 Å². The predicted molar refractivity (Wildman–Crippen MR) is 103 cm³/mol. The molecule has 2 rings (SSSR count). The molecule has 0 aliphatic rings. The second-order valence-electron chi connectivity index (χ2n) is 5.54. The van der Waals surface area contributed by atoms with E-state index in [1.165, 1.54) is 36.4 Å². The van der Waals surface area contributed by atoms with Crippen LogP contribution in [0.2, 0.25) is 5.02 Å². The SMILES string of the molecule is CC(=O)NS(=O)(=O)c1ccc(NC(=O)C(=O)C=C(O)c2ccc(Cl)cc2)cc1. The minimum atomic E-state index is -4.00. The first kappa shape index (κ1) is 21.1. The van der Waals surface area contributed by atoms with Crippen LogP contribution in [0.5, 0.6) is 0 Å². The normalized spacial score (nSPS) is 11.6.